The van der Waals surface area contributed by atoms with Gasteiger partial charge in [0.1, 0.15) is 0 Å². The van der Waals surface area contributed by atoms with E-state index in [9.17, 15) is 14.9 Å². The molecule has 0 saturated carbocycles. The second kappa shape index (κ2) is 7.60. The van der Waals surface area contributed by atoms with Crippen molar-refractivity contribution in [3.8, 4) is 11.7 Å². The third-order valence-electron chi connectivity index (χ3n) is 3.63. The molecule has 3 aromatic rings. The fourth-order valence-corrected chi connectivity index (χ4v) is 2.41. The first-order valence-corrected chi connectivity index (χ1v) is 7.98. The molecule has 0 aliphatic heterocycles. The summed E-state index contributed by atoms with van der Waals surface area (Å²) in [6, 6.07) is 8.89. The predicted octanol–water partition coefficient (Wildman–Crippen LogP) is 3.29. The predicted molar refractivity (Wildman–Crippen MR) is 90.1 cm³/mol. The van der Waals surface area contributed by atoms with E-state index in [4.69, 9.17) is 8.83 Å². The Morgan fingerprint density at radius 2 is 2.00 bits per heavy atom. The molecule has 0 bridgehead atoms. The Kier molecular flexibility index (Phi) is 5.07. The van der Waals surface area contributed by atoms with Gasteiger partial charge in [0.15, 0.2) is 5.76 Å². The number of furan rings is 1. The van der Waals surface area contributed by atoms with Crippen LogP contribution in [0.15, 0.2) is 51.5 Å². The van der Waals surface area contributed by atoms with Crippen LogP contribution in [0.1, 0.15) is 29.6 Å². The molecule has 0 unspecified atom stereocenters. The SMILES string of the molecule is CCCN(Cc1nnc(-c2ccco2)o1)C(=O)c1ccc([N+](=O)[O-])cc1. The first-order chi connectivity index (χ1) is 12.6. The van der Waals surface area contributed by atoms with E-state index in [-0.39, 0.29) is 29.9 Å². The molecule has 0 aliphatic carbocycles. The van der Waals surface area contributed by atoms with Crippen molar-refractivity contribution in [3.05, 3.63) is 64.2 Å². The molecular weight excluding hydrogens is 340 g/mol. The largest absolute Gasteiger partial charge is 0.459 e. The lowest BCUT2D eigenvalue weighted by atomic mass is 10.1. The van der Waals surface area contributed by atoms with Crippen molar-refractivity contribution in [1.82, 2.24) is 15.1 Å². The van der Waals surface area contributed by atoms with Crippen molar-refractivity contribution < 1.29 is 18.6 Å². The van der Waals surface area contributed by atoms with Gasteiger partial charge in [-0.1, -0.05) is 6.92 Å². The third kappa shape index (κ3) is 3.77. The van der Waals surface area contributed by atoms with Crippen LogP contribution in [0.4, 0.5) is 5.69 Å². The highest BCUT2D eigenvalue weighted by Crippen LogP contribution is 2.19. The highest BCUT2D eigenvalue weighted by atomic mass is 16.6. The zero-order chi connectivity index (χ0) is 18.5. The Balaban J connectivity index is 1.76. The van der Waals surface area contributed by atoms with Crippen molar-refractivity contribution in [3.63, 3.8) is 0 Å². The first kappa shape index (κ1) is 17.3. The molecule has 9 nitrogen and oxygen atoms in total. The number of nitro benzene ring substituents is 1. The van der Waals surface area contributed by atoms with Crippen LogP contribution in [-0.4, -0.2) is 32.5 Å². The van der Waals surface area contributed by atoms with Crippen LogP contribution in [0, 0.1) is 10.1 Å². The summed E-state index contributed by atoms with van der Waals surface area (Å²) in [7, 11) is 0. The lowest BCUT2D eigenvalue weighted by molar-refractivity contribution is -0.384. The van der Waals surface area contributed by atoms with Gasteiger partial charge in [0.25, 0.3) is 17.5 Å². The van der Waals surface area contributed by atoms with Crippen LogP contribution in [0.5, 0.6) is 0 Å². The number of aromatic nitrogens is 2. The number of carbonyl (C=O) groups excluding carboxylic acids is 1. The molecule has 3 rings (SSSR count). The Hall–Kier alpha value is -3.49. The number of carbonyl (C=O) groups is 1. The minimum atomic E-state index is -0.507. The number of hydrogen-bond acceptors (Lipinski definition) is 7. The summed E-state index contributed by atoms with van der Waals surface area (Å²) >= 11 is 0. The van der Waals surface area contributed by atoms with Gasteiger partial charge in [0, 0.05) is 24.2 Å². The molecule has 0 aliphatic rings. The molecule has 0 N–H and O–H groups in total. The highest BCUT2D eigenvalue weighted by molar-refractivity contribution is 5.94. The molecule has 0 atom stereocenters. The van der Waals surface area contributed by atoms with Crippen LogP contribution in [0.25, 0.3) is 11.7 Å². The van der Waals surface area contributed by atoms with E-state index in [0.29, 0.717) is 17.9 Å². The molecule has 2 heterocycles. The maximum absolute atomic E-state index is 12.7. The quantitative estimate of drug-likeness (QED) is 0.471. The van der Waals surface area contributed by atoms with Crippen molar-refractivity contribution in [2.45, 2.75) is 19.9 Å². The van der Waals surface area contributed by atoms with Crippen molar-refractivity contribution in [2.24, 2.45) is 0 Å². The smallest absolute Gasteiger partial charge is 0.283 e. The fourth-order valence-electron chi connectivity index (χ4n) is 2.41. The topological polar surface area (TPSA) is 116 Å². The monoisotopic (exact) mass is 356 g/mol. The zero-order valence-electron chi connectivity index (χ0n) is 14.0. The van der Waals surface area contributed by atoms with E-state index >= 15 is 0 Å². The van der Waals surface area contributed by atoms with E-state index in [1.54, 1.807) is 17.0 Å². The van der Waals surface area contributed by atoms with E-state index in [1.807, 2.05) is 6.92 Å². The Labute approximate surface area is 148 Å². The van der Waals surface area contributed by atoms with Crippen molar-refractivity contribution in [2.75, 3.05) is 6.54 Å². The number of hydrogen-bond donors (Lipinski definition) is 0. The van der Waals surface area contributed by atoms with Crippen LogP contribution in [-0.2, 0) is 6.54 Å². The van der Waals surface area contributed by atoms with Gasteiger partial charge in [0.2, 0.25) is 5.89 Å². The normalized spacial score (nSPS) is 10.7. The standard InChI is InChI=1S/C17H16N4O5/c1-2-9-20(17(22)12-5-7-13(8-6-12)21(23)24)11-15-18-19-16(26-15)14-4-3-10-25-14/h3-8,10H,2,9,11H2,1H3. The number of non-ortho nitro benzene ring substituents is 1. The average molecular weight is 356 g/mol. The summed E-state index contributed by atoms with van der Waals surface area (Å²) in [5, 5.41) is 18.6. The third-order valence-corrected chi connectivity index (χ3v) is 3.63. The Bertz CT molecular complexity index is 886. The molecule has 0 fully saturated rings. The minimum absolute atomic E-state index is 0.0661. The van der Waals surface area contributed by atoms with Gasteiger partial charge in [-0.05, 0) is 30.7 Å². The maximum Gasteiger partial charge on any atom is 0.283 e. The molecular formula is C17H16N4O5. The maximum atomic E-state index is 12.7. The number of amides is 1. The molecule has 1 aromatic carbocycles. The summed E-state index contributed by atoms with van der Waals surface area (Å²) in [5.41, 5.74) is 0.290. The second-order valence-electron chi connectivity index (χ2n) is 5.51. The Morgan fingerprint density at radius 3 is 2.62 bits per heavy atom. The van der Waals surface area contributed by atoms with E-state index in [2.05, 4.69) is 10.2 Å². The lowest BCUT2D eigenvalue weighted by Crippen LogP contribution is -2.31. The van der Waals surface area contributed by atoms with Gasteiger partial charge in [-0.2, -0.15) is 0 Å². The zero-order valence-corrected chi connectivity index (χ0v) is 14.0. The summed E-state index contributed by atoms with van der Waals surface area (Å²) < 4.78 is 10.7. The molecule has 0 spiro atoms. The van der Waals surface area contributed by atoms with Gasteiger partial charge < -0.3 is 13.7 Å². The summed E-state index contributed by atoms with van der Waals surface area (Å²) in [5.74, 6) is 0.705. The van der Waals surface area contributed by atoms with Crippen LogP contribution >= 0.6 is 0 Å². The molecule has 0 saturated heterocycles. The van der Waals surface area contributed by atoms with Crippen molar-refractivity contribution in [1.29, 1.82) is 0 Å². The van der Waals surface area contributed by atoms with Gasteiger partial charge in [-0.3, -0.25) is 14.9 Å². The highest BCUT2D eigenvalue weighted by Gasteiger charge is 2.20. The number of nitrogens with zero attached hydrogens (tertiary/aromatic N) is 4. The molecule has 1 amide bonds. The average Bonchev–Trinajstić information content (AvgIpc) is 3.32. The summed E-state index contributed by atoms with van der Waals surface area (Å²) in [4.78, 5) is 24.5. The van der Waals surface area contributed by atoms with Crippen LogP contribution in [0.3, 0.4) is 0 Å². The van der Waals surface area contributed by atoms with Gasteiger partial charge in [-0.15, -0.1) is 10.2 Å². The van der Waals surface area contributed by atoms with Crippen molar-refractivity contribution >= 4 is 11.6 Å². The number of nitro groups is 1. The number of benzene rings is 1. The van der Waals surface area contributed by atoms with E-state index in [0.717, 1.165) is 6.42 Å². The molecule has 0 radical (unpaired) electrons. The summed E-state index contributed by atoms with van der Waals surface area (Å²) in [6.07, 6.45) is 2.23. The van der Waals surface area contributed by atoms with Gasteiger partial charge in [-0.25, -0.2) is 0 Å². The molecule has 2 aromatic heterocycles. The summed E-state index contributed by atoms with van der Waals surface area (Å²) in [6.45, 7) is 2.56. The molecule has 9 heteroatoms. The first-order valence-electron chi connectivity index (χ1n) is 7.98. The molecule has 26 heavy (non-hydrogen) atoms. The fraction of sp³-hybridized carbons (Fsp3) is 0.235. The number of rotatable bonds is 7. The van der Waals surface area contributed by atoms with Gasteiger partial charge >= 0.3 is 0 Å². The molecule has 134 valence electrons. The van der Waals surface area contributed by atoms with Crippen LogP contribution < -0.4 is 0 Å². The van der Waals surface area contributed by atoms with E-state index < -0.39 is 4.92 Å². The van der Waals surface area contributed by atoms with Crippen LogP contribution in [0.2, 0.25) is 0 Å². The second-order valence-corrected chi connectivity index (χ2v) is 5.51. The van der Waals surface area contributed by atoms with E-state index in [1.165, 1.54) is 30.5 Å². The minimum Gasteiger partial charge on any atom is -0.459 e. The van der Waals surface area contributed by atoms with Gasteiger partial charge in [0.05, 0.1) is 17.7 Å². The Morgan fingerprint density at radius 1 is 1.23 bits per heavy atom. The lowest BCUT2D eigenvalue weighted by Gasteiger charge is -2.20.